The molecule has 0 spiro atoms. The Morgan fingerprint density at radius 1 is 1.12 bits per heavy atom. The summed E-state index contributed by atoms with van der Waals surface area (Å²) in [5, 5.41) is 5.54. The van der Waals surface area contributed by atoms with Crippen LogP contribution in [0.4, 0.5) is 0 Å². The zero-order chi connectivity index (χ0) is 17.7. The highest BCUT2D eigenvalue weighted by Crippen LogP contribution is 2.38. The molecule has 1 N–H and O–H groups in total. The Kier molecular flexibility index (Phi) is 3.21. The molecule has 0 aromatic carbocycles. The number of H-pyrrole nitrogens is 1. The van der Waals surface area contributed by atoms with Gasteiger partial charge in [0.25, 0.3) is 5.88 Å². The summed E-state index contributed by atoms with van der Waals surface area (Å²) in [4.78, 5) is 12.1. The predicted molar refractivity (Wildman–Crippen MR) is 96.9 cm³/mol. The van der Waals surface area contributed by atoms with Crippen LogP contribution in [-0.4, -0.2) is 37.9 Å². The largest absolute Gasteiger partial charge is 0.484 e. The zero-order valence-corrected chi connectivity index (χ0v) is 14.5. The molecular weight excluding hydrogens is 330 g/mol. The Labute approximate surface area is 149 Å². The number of nitrogens with zero attached hydrogens (tertiary/aromatic N) is 4. The molecule has 1 aliphatic rings. The van der Waals surface area contributed by atoms with E-state index in [1.165, 1.54) is 0 Å². The molecule has 0 saturated carbocycles. The molecule has 0 atom stereocenters. The lowest BCUT2D eigenvalue weighted by Crippen LogP contribution is -2.16. The van der Waals surface area contributed by atoms with Crippen molar-refractivity contribution in [3.8, 4) is 28.6 Å². The molecule has 0 aliphatic carbocycles. The second kappa shape index (κ2) is 5.59. The van der Waals surface area contributed by atoms with E-state index < -0.39 is 0 Å². The van der Waals surface area contributed by atoms with Crippen LogP contribution in [0, 0.1) is 13.8 Å². The number of fused-ring (bicyclic) bond motifs is 2. The van der Waals surface area contributed by atoms with E-state index in [9.17, 15) is 0 Å². The third-order valence-electron chi connectivity index (χ3n) is 4.60. The number of aromatic amines is 1. The first kappa shape index (κ1) is 14.9. The molecule has 7 heteroatoms. The molecule has 0 saturated heterocycles. The fourth-order valence-electron chi connectivity index (χ4n) is 3.12. The normalized spacial score (nSPS) is 13.3. The summed E-state index contributed by atoms with van der Waals surface area (Å²) in [6, 6.07) is 6.04. The third-order valence-corrected chi connectivity index (χ3v) is 4.60. The van der Waals surface area contributed by atoms with Gasteiger partial charge in [-0.25, -0.2) is 14.6 Å². The summed E-state index contributed by atoms with van der Waals surface area (Å²) in [7, 11) is 0. The minimum Gasteiger partial charge on any atom is -0.484 e. The smallest absolute Gasteiger partial charge is 0.257 e. The number of aromatic nitrogens is 5. The van der Waals surface area contributed by atoms with Crippen molar-refractivity contribution >= 4 is 11.0 Å². The van der Waals surface area contributed by atoms with Gasteiger partial charge in [-0.05, 0) is 37.6 Å². The molecule has 130 valence electrons. The summed E-state index contributed by atoms with van der Waals surface area (Å²) in [6.07, 6.45) is 5.55. The summed E-state index contributed by atoms with van der Waals surface area (Å²) in [5.74, 6) is 1.20. The summed E-state index contributed by atoms with van der Waals surface area (Å²) in [6.45, 7) is 5.09. The topological polar surface area (TPSA) is 77.9 Å². The van der Waals surface area contributed by atoms with Gasteiger partial charge >= 0.3 is 0 Å². The van der Waals surface area contributed by atoms with Crippen LogP contribution in [0.25, 0.3) is 28.0 Å². The maximum absolute atomic E-state index is 5.77. The van der Waals surface area contributed by atoms with E-state index in [0.29, 0.717) is 24.8 Å². The van der Waals surface area contributed by atoms with E-state index in [2.05, 4.69) is 32.2 Å². The van der Waals surface area contributed by atoms with E-state index in [1.54, 1.807) is 6.20 Å². The number of hydrogen-bond acceptors (Lipinski definition) is 5. The molecule has 0 bridgehead atoms. The maximum Gasteiger partial charge on any atom is 0.257 e. The number of pyridine rings is 2. The van der Waals surface area contributed by atoms with Crippen LogP contribution in [0.2, 0.25) is 0 Å². The lowest BCUT2D eigenvalue weighted by atomic mass is 10.1. The van der Waals surface area contributed by atoms with Crippen LogP contribution < -0.4 is 9.47 Å². The minimum atomic E-state index is 0.518. The Morgan fingerprint density at radius 3 is 2.85 bits per heavy atom. The summed E-state index contributed by atoms with van der Waals surface area (Å²) in [5.41, 5.74) is 5.74. The van der Waals surface area contributed by atoms with Gasteiger partial charge in [0, 0.05) is 23.3 Å². The molecule has 5 heterocycles. The van der Waals surface area contributed by atoms with Crippen LogP contribution in [0.15, 0.2) is 36.8 Å². The molecule has 4 aromatic heterocycles. The number of nitrogens with one attached hydrogen (secondary N) is 1. The highest BCUT2D eigenvalue weighted by Gasteiger charge is 2.19. The third kappa shape index (κ3) is 2.32. The van der Waals surface area contributed by atoms with Crippen LogP contribution in [-0.2, 0) is 0 Å². The van der Waals surface area contributed by atoms with Crippen molar-refractivity contribution in [2.24, 2.45) is 0 Å². The van der Waals surface area contributed by atoms with E-state index in [0.717, 1.165) is 39.2 Å². The molecule has 0 radical (unpaired) electrons. The molecule has 1 aliphatic heterocycles. The molecular formula is C19H17N5O2. The van der Waals surface area contributed by atoms with Gasteiger partial charge < -0.3 is 14.5 Å². The van der Waals surface area contributed by atoms with Crippen LogP contribution in [0.1, 0.15) is 11.3 Å². The first-order chi connectivity index (χ1) is 12.7. The zero-order valence-electron chi connectivity index (χ0n) is 14.5. The van der Waals surface area contributed by atoms with Crippen molar-refractivity contribution in [2.45, 2.75) is 13.8 Å². The second-order valence-electron chi connectivity index (χ2n) is 6.35. The lowest BCUT2D eigenvalue weighted by molar-refractivity contribution is 0.165. The molecule has 5 rings (SSSR count). The van der Waals surface area contributed by atoms with Crippen LogP contribution in [0.3, 0.4) is 0 Å². The molecule has 7 nitrogen and oxygen atoms in total. The Balaban J connectivity index is 1.61. The van der Waals surface area contributed by atoms with Crippen molar-refractivity contribution in [3.05, 3.63) is 48.0 Å². The van der Waals surface area contributed by atoms with Gasteiger partial charge in [0.2, 0.25) is 0 Å². The SMILES string of the molecule is Cc1cn(-c2cnc3[nH]c(-c4ccnc5c4OCCO5)cc3c2)nc1C. The highest BCUT2D eigenvalue weighted by molar-refractivity contribution is 5.86. The predicted octanol–water partition coefficient (Wildman–Crippen LogP) is 3.20. The molecule has 0 amide bonds. The molecule has 0 unspecified atom stereocenters. The van der Waals surface area contributed by atoms with Gasteiger partial charge in [0.15, 0.2) is 5.75 Å². The van der Waals surface area contributed by atoms with Gasteiger partial charge in [-0.3, -0.25) is 0 Å². The van der Waals surface area contributed by atoms with Gasteiger partial charge in [-0.2, -0.15) is 5.10 Å². The van der Waals surface area contributed by atoms with Crippen molar-refractivity contribution in [1.82, 2.24) is 24.7 Å². The van der Waals surface area contributed by atoms with Crippen LogP contribution >= 0.6 is 0 Å². The van der Waals surface area contributed by atoms with Gasteiger partial charge in [0.05, 0.1) is 23.3 Å². The lowest BCUT2D eigenvalue weighted by Gasteiger charge is -2.19. The average molecular weight is 347 g/mol. The van der Waals surface area contributed by atoms with E-state index in [1.807, 2.05) is 37.0 Å². The Bertz CT molecular complexity index is 1110. The number of aryl methyl sites for hydroxylation is 2. The quantitative estimate of drug-likeness (QED) is 0.602. The maximum atomic E-state index is 5.77. The number of rotatable bonds is 2. The van der Waals surface area contributed by atoms with Gasteiger partial charge in [-0.1, -0.05) is 0 Å². The number of hydrogen-bond donors (Lipinski definition) is 1. The van der Waals surface area contributed by atoms with E-state index in [4.69, 9.17) is 9.47 Å². The van der Waals surface area contributed by atoms with E-state index in [-0.39, 0.29) is 0 Å². The minimum absolute atomic E-state index is 0.518. The molecule has 0 fully saturated rings. The van der Waals surface area contributed by atoms with E-state index >= 15 is 0 Å². The fraction of sp³-hybridized carbons (Fsp3) is 0.211. The monoisotopic (exact) mass is 347 g/mol. The van der Waals surface area contributed by atoms with Crippen molar-refractivity contribution in [2.75, 3.05) is 13.2 Å². The fourth-order valence-corrected chi connectivity index (χ4v) is 3.12. The van der Waals surface area contributed by atoms with Crippen molar-refractivity contribution in [3.63, 3.8) is 0 Å². The summed E-state index contributed by atoms with van der Waals surface area (Å²) >= 11 is 0. The van der Waals surface area contributed by atoms with Crippen LogP contribution in [0.5, 0.6) is 11.6 Å². The Morgan fingerprint density at radius 2 is 2.00 bits per heavy atom. The number of ether oxygens (including phenoxy) is 2. The van der Waals surface area contributed by atoms with Crippen molar-refractivity contribution in [1.29, 1.82) is 0 Å². The van der Waals surface area contributed by atoms with Gasteiger partial charge in [-0.15, -0.1) is 0 Å². The highest BCUT2D eigenvalue weighted by atomic mass is 16.6. The molecule has 4 aromatic rings. The first-order valence-corrected chi connectivity index (χ1v) is 8.46. The first-order valence-electron chi connectivity index (χ1n) is 8.46. The van der Waals surface area contributed by atoms with Crippen molar-refractivity contribution < 1.29 is 9.47 Å². The Hall–Kier alpha value is -3.35. The average Bonchev–Trinajstić information content (AvgIpc) is 3.24. The molecule has 26 heavy (non-hydrogen) atoms. The summed E-state index contributed by atoms with van der Waals surface area (Å²) < 4.78 is 13.2. The van der Waals surface area contributed by atoms with Gasteiger partial charge in [0.1, 0.15) is 18.9 Å². The standard InChI is InChI=1S/C19H17N5O2/c1-11-10-24(23-12(11)2)14-7-13-8-16(22-18(13)21-9-14)15-3-4-20-19-17(15)25-5-6-26-19/h3-4,7-10H,5-6H2,1-2H3,(H,21,22). The second-order valence-corrected chi connectivity index (χ2v) is 6.35.